The number of carboxylic acid groups (broad SMARTS) is 1. The van der Waals surface area contributed by atoms with Crippen LogP contribution in [0.25, 0.3) is 0 Å². The summed E-state index contributed by atoms with van der Waals surface area (Å²) in [6.45, 7) is -0.535. The number of anilines is 1. The molecule has 34 heavy (non-hydrogen) atoms. The molecule has 0 radical (unpaired) electrons. The van der Waals surface area contributed by atoms with Gasteiger partial charge in [0.05, 0.1) is 23.1 Å². The quantitative estimate of drug-likeness (QED) is 0.426. The Morgan fingerprint density at radius 3 is 1.94 bits per heavy atom. The van der Waals surface area contributed by atoms with Crippen molar-refractivity contribution in [3.8, 4) is 0 Å². The Morgan fingerprint density at radius 1 is 0.882 bits per heavy atom. The van der Waals surface area contributed by atoms with E-state index in [0.29, 0.717) is 12.1 Å². The first-order valence-electron chi connectivity index (χ1n) is 9.75. The first-order chi connectivity index (χ1) is 15.5. The van der Waals surface area contributed by atoms with Crippen molar-refractivity contribution < 1.29 is 49.4 Å². The summed E-state index contributed by atoms with van der Waals surface area (Å²) < 4.78 is 118. The van der Waals surface area contributed by atoms with Gasteiger partial charge in [0.15, 0.2) is 0 Å². The number of hydrogen-bond donors (Lipinski definition) is 3. The maximum atomic E-state index is 13.2. The van der Waals surface area contributed by atoms with Gasteiger partial charge in [-0.25, -0.2) is 0 Å². The largest absolute Gasteiger partial charge is 0.481 e. The van der Waals surface area contributed by atoms with E-state index in [1.807, 2.05) is 0 Å². The number of carboxylic acids is 1. The Labute approximate surface area is 186 Å². The Balaban J connectivity index is 1.94. The standard InChI is InChI=1S/C21H17F9N2O2/c22-19(23,24)11-1-2-16-15(6-11)17(7-14(32-16)8-18(33)34)31-9-10-3-12(20(25,26)27)5-13(4-10)21(28,29)30/h1-6,14,17,31-32H,7-9H2,(H,33,34)/t14-,17?/m0/s1. The fraction of sp³-hybridized carbons (Fsp3) is 0.381. The molecule has 13 heteroatoms. The smallest absolute Gasteiger partial charge is 0.416 e. The highest BCUT2D eigenvalue weighted by atomic mass is 19.4. The second-order valence-corrected chi connectivity index (χ2v) is 7.82. The molecule has 3 rings (SSSR count). The van der Waals surface area contributed by atoms with Crippen LogP contribution < -0.4 is 10.6 Å². The number of alkyl halides is 9. The number of nitrogens with one attached hydrogen (secondary N) is 2. The van der Waals surface area contributed by atoms with Crippen molar-refractivity contribution in [2.24, 2.45) is 0 Å². The molecule has 2 atom stereocenters. The average molecular weight is 500 g/mol. The van der Waals surface area contributed by atoms with E-state index in [1.165, 1.54) is 0 Å². The van der Waals surface area contributed by atoms with Gasteiger partial charge in [-0.3, -0.25) is 4.79 Å². The van der Waals surface area contributed by atoms with Crippen LogP contribution in [-0.4, -0.2) is 17.1 Å². The van der Waals surface area contributed by atoms with Gasteiger partial charge in [-0.1, -0.05) is 0 Å². The maximum Gasteiger partial charge on any atom is 0.416 e. The van der Waals surface area contributed by atoms with E-state index >= 15 is 0 Å². The molecule has 2 aromatic carbocycles. The number of halogens is 9. The normalized spacial score (nSPS) is 18.9. The Morgan fingerprint density at radius 2 is 1.44 bits per heavy atom. The van der Waals surface area contributed by atoms with E-state index in [2.05, 4.69) is 10.6 Å². The first kappa shape index (κ1) is 25.7. The molecule has 0 saturated heterocycles. The topological polar surface area (TPSA) is 61.4 Å². The first-order valence-corrected chi connectivity index (χ1v) is 9.75. The van der Waals surface area contributed by atoms with Gasteiger partial charge in [0, 0.05) is 24.3 Å². The molecule has 1 aliphatic heterocycles. The molecule has 1 aliphatic rings. The molecule has 0 aliphatic carbocycles. The predicted octanol–water partition coefficient (Wildman–Crippen LogP) is 6.23. The number of benzene rings is 2. The molecule has 2 aromatic rings. The molecular weight excluding hydrogens is 483 g/mol. The van der Waals surface area contributed by atoms with Crippen molar-refractivity contribution in [3.05, 3.63) is 64.2 Å². The molecule has 1 unspecified atom stereocenters. The molecule has 4 nitrogen and oxygen atoms in total. The zero-order chi connectivity index (χ0) is 25.5. The molecule has 0 aromatic heterocycles. The van der Waals surface area contributed by atoms with Gasteiger partial charge in [0.1, 0.15) is 0 Å². The highest BCUT2D eigenvalue weighted by molar-refractivity contribution is 5.69. The highest BCUT2D eigenvalue weighted by Crippen LogP contribution is 2.40. The number of fused-ring (bicyclic) bond motifs is 1. The molecule has 3 N–H and O–H groups in total. The molecular formula is C21H17F9N2O2. The molecule has 186 valence electrons. The van der Waals surface area contributed by atoms with Crippen LogP contribution in [0.15, 0.2) is 36.4 Å². The zero-order valence-corrected chi connectivity index (χ0v) is 17.0. The average Bonchev–Trinajstić information content (AvgIpc) is 2.69. The summed E-state index contributed by atoms with van der Waals surface area (Å²) in [6, 6.07) is 2.02. The van der Waals surface area contributed by atoms with Gasteiger partial charge in [-0.15, -0.1) is 0 Å². The fourth-order valence-electron chi connectivity index (χ4n) is 3.75. The predicted molar refractivity (Wildman–Crippen MR) is 102 cm³/mol. The minimum atomic E-state index is -5.05. The lowest BCUT2D eigenvalue weighted by Crippen LogP contribution is -2.36. The van der Waals surface area contributed by atoms with Crippen LogP contribution in [0.1, 0.15) is 46.7 Å². The van der Waals surface area contributed by atoms with E-state index in [0.717, 1.165) is 18.2 Å². The van der Waals surface area contributed by atoms with Crippen LogP contribution in [-0.2, 0) is 29.9 Å². The van der Waals surface area contributed by atoms with E-state index in [9.17, 15) is 44.3 Å². The Kier molecular flexibility index (Phi) is 6.80. The van der Waals surface area contributed by atoms with Crippen LogP contribution >= 0.6 is 0 Å². The van der Waals surface area contributed by atoms with E-state index in [-0.39, 0.29) is 29.3 Å². The summed E-state index contributed by atoms with van der Waals surface area (Å²) in [6.07, 6.45) is -15.3. The second kappa shape index (κ2) is 9.01. The zero-order valence-electron chi connectivity index (χ0n) is 17.0. The summed E-state index contributed by atoms with van der Waals surface area (Å²) >= 11 is 0. The summed E-state index contributed by atoms with van der Waals surface area (Å²) in [7, 11) is 0. The van der Waals surface area contributed by atoms with Gasteiger partial charge < -0.3 is 15.7 Å². The lowest BCUT2D eigenvalue weighted by Gasteiger charge is -2.34. The van der Waals surface area contributed by atoms with Crippen molar-refractivity contribution in [1.82, 2.24) is 5.32 Å². The summed E-state index contributed by atoms with van der Waals surface area (Å²) in [5.74, 6) is -1.20. The number of carbonyl (C=O) groups is 1. The van der Waals surface area contributed by atoms with Gasteiger partial charge in [-0.2, -0.15) is 39.5 Å². The third-order valence-corrected chi connectivity index (χ3v) is 5.26. The van der Waals surface area contributed by atoms with Gasteiger partial charge in [-0.05, 0) is 53.9 Å². The van der Waals surface area contributed by atoms with E-state index in [1.54, 1.807) is 0 Å². The van der Waals surface area contributed by atoms with Crippen molar-refractivity contribution in [1.29, 1.82) is 0 Å². The van der Waals surface area contributed by atoms with Crippen molar-refractivity contribution >= 4 is 11.7 Å². The second-order valence-electron chi connectivity index (χ2n) is 7.82. The molecule has 0 amide bonds. The van der Waals surface area contributed by atoms with Gasteiger partial charge >= 0.3 is 24.5 Å². The van der Waals surface area contributed by atoms with E-state index in [4.69, 9.17) is 5.11 Å². The van der Waals surface area contributed by atoms with Crippen LogP contribution in [0.4, 0.5) is 45.2 Å². The third kappa shape index (κ3) is 6.13. The summed E-state index contributed by atoms with van der Waals surface area (Å²) in [5.41, 5.74) is -4.18. The summed E-state index contributed by atoms with van der Waals surface area (Å²) in [4.78, 5) is 11.1. The fourth-order valence-corrected chi connectivity index (χ4v) is 3.75. The third-order valence-electron chi connectivity index (χ3n) is 5.26. The Hall–Kier alpha value is -2.96. The Bertz CT molecular complexity index is 1030. The molecule has 0 saturated carbocycles. The molecule has 0 bridgehead atoms. The number of hydrogen-bond acceptors (Lipinski definition) is 3. The van der Waals surface area contributed by atoms with Crippen molar-refractivity contribution in [2.75, 3.05) is 5.32 Å². The number of aliphatic carboxylic acids is 1. The summed E-state index contributed by atoms with van der Waals surface area (Å²) in [5, 5.41) is 14.6. The molecule has 0 fully saturated rings. The van der Waals surface area contributed by atoms with E-state index < -0.39 is 66.2 Å². The van der Waals surface area contributed by atoms with Crippen molar-refractivity contribution in [3.63, 3.8) is 0 Å². The van der Waals surface area contributed by atoms with Crippen LogP contribution in [0.2, 0.25) is 0 Å². The van der Waals surface area contributed by atoms with Crippen LogP contribution in [0.5, 0.6) is 0 Å². The van der Waals surface area contributed by atoms with Gasteiger partial charge in [0.2, 0.25) is 0 Å². The SMILES string of the molecule is O=C(O)C[C@@H]1CC(NCc2cc(C(F)(F)F)cc(C(F)(F)F)c2)c2cc(C(F)(F)F)ccc2N1. The number of rotatable bonds is 5. The monoisotopic (exact) mass is 500 g/mol. The molecule has 1 heterocycles. The molecule has 0 spiro atoms. The minimum Gasteiger partial charge on any atom is -0.481 e. The van der Waals surface area contributed by atoms with Gasteiger partial charge in [0.25, 0.3) is 0 Å². The van der Waals surface area contributed by atoms with Crippen LogP contribution in [0.3, 0.4) is 0 Å². The highest BCUT2D eigenvalue weighted by Gasteiger charge is 2.37. The lowest BCUT2D eigenvalue weighted by atomic mass is 9.90. The lowest BCUT2D eigenvalue weighted by molar-refractivity contribution is -0.143. The maximum absolute atomic E-state index is 13.2. The van der Waals surface area contributed by atoms with Crippen molar-refractivity contribution in [2.45, 2.75) is 50.0 Å². The minimum absolute atomic E-state index is 0.0260. The van der Waals surface area contributed by atoms with Crippen LogP contribution in [0, 0.1) is 0 Å².